The van der Waals surface area contributed by atoms with Gasteiger partial charge in [-0.2, -0.15) is 4.98 Å². The van der Waals surface area contributed by atoms with E-state index in [4.69, 9.17) is 5.84 Å². The third-order valence-corrected chi connectivity index (χ3v) is 2.83. The molecule has 0 atom stereocenters. The van der Waals surface area contributed by atoms with Crippen molar-refractivity contribution >= 4 is 11.8 Å². The molecule has 96 valence electrons. The number of nitrogens with one attached hydrogen (secondary N) is 2. The van der Waals surface area contributed by atoms with E-state index in [0.717, 1.165) is 6.20 Å². The molecule has 0 aliphatic rings. The van der Waals surface area contributed by atoms with Gasteiger partial charge < -0.3 is 10.4 Å². The SMILES string of the molecule is CC(C)(O)C(C)(C)Nc1nc(NN)ncc1F. The maximum absolute atomic E-state index is 13.5. The summed E-state index contributed by atoms with van der Waals surface area (Å²) in [4.78, 5) is 7.47. The molecule has 17 heavy (non-hydrogen) atoms. The first-order chi connectivity index (χ1) is 7.67. The van der Waals surface area contributed by atoms with Crippen molar-refractivity contribution in [1.82, 2.24) is 9.97 Å². The first kappa shape index (κ1) is 13.6. The van der Waals surface area contributed by atoms with Gasteiger partial charge in [0.2, 0.25) is 5.95 Å². The third-order valence-electron chi connectivity index (χ3n) is 2.83. The van der Waals surface area contributed by atoms with Crippen LogP contribution < -0.4 is 16.6 Å². The van der Waals surface area contributed by atoms with E-state index in [1.807, 2.05) is 0 Å². The summed E-state index contributed by atoms with van der Waals surface area (Å²) < 4.78 is 13.5. The summed E-state index contributed by atoms with van der Waals surface area (Å²) >= 11 is 0. The predicted molar refractivity (Wildman–Crippen MR) is 63.8 cm³/mol. The lowest BCUT2D eigenvalue weighted by Crippen LogP contribution is -2.51. The molecule has 1 aromatic heterocycles. The topological polar surface area (TPSA) is 96.1 Å². The number of nitrogen functional groups attached to an aromatic ring is 1. The molecule has 0 radical (unpaired) electrons. The van der Waals surface area contributed by atoms with Crippen molar-refractivity contribution in [2.45, 2.75) is 38.8 Å². The minimum atomic E-state index is -1.05. The molecule has 0 aliphatic heterocycles. The Kier molecular flexibility index (Phi) is 3.53. The van der Waals surface area contributed by atoms with Gasteiger partial charge in [0.05, 0.1) is 17.3 Å². The second-order valence-electron chi connectivity index (χ2n) is 4.84. The van der Waals surface area contributed by atoms with Crippen molar-refractivity contribution in [1.29, 1.82) is 0 Å². The van der Waals surface area contributed by atoms with Gasteiger partial charge in [0.1, 0.15) is 0 Å². The van der Waals surface area contributed by atoms with Gasteiger partial charge in [0, 0.05) is 0 Å². The van der Waals surface area contributed by atoms with Gasteiger partial charge in [-0.15, -0.1) is 0 Å². The lowest BCUT2D eigenvalue weighted by atomic mass is 9.86. The standard InChI is InChI=1S/C10H18FN5O/c1-9(2,10(3,4)17)15-7-6(11)5-13-8(14-7)16-12/h5,17H,12H2,1-4H3,(H2,13,14,15,16). The number of aromatic nitrogens is 2. The van der Waals surface area contributed by atoms with Crippen LogP contribution in [0.3, 0.4) is 0 Å². The summed E-state index contributed by atoms with van der Waals surface area (Å²) in [7, 11) is 0. The van der Waals surface area contributed by atoms with Crippen LogP contribution in [0.4, 0.5) is 16.2 Å². The molecule has 1 heterocycles. The predicted octanol–water partition coefficient (Wildman–Crippen LogP) is 0.863. The number of hydrazine groups is 1. The molecule has 1 rings (SSSR count). The summed E-state index contributed by atoms with van der Waals surface area (Å²) in [5.74, 6) is 4.62. The second-order valence-corrected chi connectivity index (χ2v) is 4.84. The van der Waals surface area contributed by atoms with Crippen LogP contribution in [0.2, 0.25) is 0 Å². The van der Waals surface area contributed by atoms with Gasteiger partial charge >= 0.3 is 0 Å². The Balaban J connectivity index is 3.02. The van der Waals surface area contributed by atoms with E-state index in [0.29, 0.717) is 0 Å². The molecule has 0 amide bonds. The third kappa shape index (κ3) is 3.01. The highest BCUT2D eigenvalue weighted by Crippen LogP contribution is 2.26. The first-order valence-electron chi connectivity index (χ1n) is 5.17. The van der Waals surface area contributed by atoms with E-state index < -0.39 is 17.0 Å². The Hall–Kier alpha value is -1.47. The monoisotopic (exact) mass is 243 g/mol. The quantitative estimate of drug-likeness (QED) is 0.463. The molecule has 0 aromatic carbocycles. The number of nitrogens with two attached hydrogens (primary N) is 1. The molecule has 0 saturated carbocycles. The average Bonchev–Trinajstić information content (AvgIpc) is 2.19. The number of aliphatic hydroxyl groups is 1. The summed E-state index contributed by atoms with van der Waals surface area (Å²) in [6.07, 6.45) is 1.00. The highest BCUT2D eigenvalue weighted by molar-refractivity contribution is 5.43. The number of halogens is 1. The van der Waals surface area contributed by atoms with Crippen molar-refractivity contribution in [3.05, 3.63) is 12.0 Å². The maximum atomic E-state index is 13.5. The molecule has 0 bridgehead atoms. The Bertz CT molecular complexity index is 402. The Morgan fingerprint density at radius 3 is 2.41 bits per heavy atom. The van der Waals surface area contributed by atoms with E-state index in [1.54, 1.807) is 27.7 Å². The van der Waals surface area contributed by atoms with Crippen LogP contribution in [0.1, 0.15) is 27.7 Å². The van der Waals surface area contributed by atoms with E-state index in [-0.39, 0.29) is 11.8 Å². The zero-order valence-corrected chi connectivity index (χ0v) is 10.4. The summed E-state index contributed by atoms with van der Waals surface area (Å²) in [6.45, 7) is 6.73. The zero-order chi connectivity index (χ0) is 13.3. The van der Waals surface area contributed by atoms with Crippen molar-refractivity contribution < 1.29 is 9.50 Å². The minimum Gasteiger partial charge on any atom is -0.388 e. The largest absolute Gasteiger partial charge is 0.388 e. The molecule has 1 aromatic rings. The van der Waals surface area contributed by atoms with Crippen LogP contribution in [0, 0.1) is 5.82 Å². The number of hydrogen-bond donors (Lipinski definition) is 4. The summed E-state index contributed by atoms with van der Waals surface area (Å²) in [6, 6.07) is 0. The molecule has 6 nitrogen and oxygen atoms in total. The Labute approximate surface area is 99.4 Å². The van der Waals surface area contributed by atoms with Crippen LogP contribution in [0.5, 0.6) is 0 Å². The average molecular weight is 243 g/mol. The van der Waals surface area contributed by atoms with E-state index in [9.17, 15) is 9.50 Å². The highest BCUT2D eigenvalue weighted by atomic mass is 19.1. The second kappa shape index (κ2) is 4.42. The maximum Gasteiger partial charge on any atom is 0.239 e. The van der Waals surface area contributed by atoms with E-state index in [2.05, 4.69) is 20.7 Å². The molecule has 0 unspecified atom stereocenters. The van der Waals surface area contributed by atoms with Crippen LogP contribution in [0.25, 0.3) is 0 Å². The fourth-order valence-electron chi connectivity index (χ4n) is 0.973. The van der Waals surface area contributed by atoms with E-state index in [1.165, 1.54) is 0 Å². The van der Waals surface area contributed by atoms with E-state index >= 15 is 0 Å². The van der Waals surface area contributed by atoms with Gasteiger partial charge in [0.15, 0.2) is 11.6 Å². The van der Waals surface area contributed by atoms with Gasteiger partial charge in [-0.25, -0.2) is 15.2 Å². The van der Waals surface area contributed by atoms with Gasteiger partial charge in [0.25, 0.3) is 0 Å². The Morgan fingerprint density at radius 1 is 1.35 bits per heavy atom. The van der Waals surface area contributed by atoms with Crippen molar-refractivity contribution in [3.8, 4) is 0 Å². The number of hydrogen-bond acceptors (Lipinski definition) is 6. The molecule has 0 aliphatic carbocycles. The number of rotatable bonds is 4. The molecule has 0 spiro atoms. The summed E-state index contributed by atoms with van der Waals surface area (Å²) in [5.41, 5.74) is 0.403. The van der Waals surface area contributed by atoms with Gasteiger partial charge in [-0.3, -0.25) is 5.43 Å². The summed E-state index contributed by atoms with van der Waals surface area (Å²) in [5, 5.41) is 12.8. The van der Waals surface area contributed by atoms with Gasteiger partial charge in [-0.05, 0) is 27.7 Å². The fraction of sp³-hybridized carbons (Fsp3) is 0.600. The number of anilines is 2. The van der Waals surface area contributed by atoms with Crippen LogP contribution in [-0.2, 0) is 0 Å². The molecule has 7 heteroatoms. The smallest absolute Gasteiger partial charge is 0.239 e. The minimum absolute atomic E-state index is 0.0138. The normalized spacial score (nSPS) is 12.4. The van der Waals surface area contributed by atoms with Crippen molar-refractivity contribution in [3.63, 3.8) is 0 Å². The number of nitrogens with zero attached hydrogens (tertiary/aromatic N) is 2. The molecule has 0 fully saturated rings. The van der Waals surface area contributed by atoms with Crippen molar-refractivity contribution in [2.75, 3.05) is 10.7 Å². The molecular formula is C10H18FN5O. The van der Waals surface area contributed by atoms with Crippen LogP contribution >= 0.6 is 0 Å². The fourth-order valence-corrected chi connectivity index (χ4v) is 0.973. The molecular weight excluding hydrogens is 225 g/mol. The first-order valence-corrected chi connectivity index (χ1v) is 5.17. The lowest BCUT2D eigenvalue weighted by molar-refractivity contribution is 0.0237. The lowest BCUT2D eigenvalue weighted by Gasteiger charge is -2.38. The van der Waals surface area contributed by atoms with Gasteiger partial charge in [-0.1, -0.05) is 0 Å². The highest BCUT2D eigenvalue weighted by Gasteiger charge is 2.35. The van der Waals surface area contributed by atoms with Crippen LogP contribution in [-0.4, -0.2) is 26.2 Å². The van der Waals surface area contributed by atoms with Crippen molar-refractivity contribution in [2.24, 2.45) is 5.84 Å². The molecule has 0 saturated heterocycles. The zero-order valence-electron chi connectivity index (χ0n) is 10.4. The molecule has 5 N–H and O–H groups in total. The Morgan fingerprint density at radius 2 is 1.94 bits per heavy atom. The van der Waals surface area contributed by atoms with Crippen LogP contribution in [0.15, 0.2) is 6.20 Å².